The Labute approximate surface area is 79.3 Å². The van der Waals surface area contributed by atoms with E-state index < -0.39 is 0 Å². The van der Waals surface area contributed by atoms with Crippen molar-refractivity contribution in [1.82, 2.24) is 4.90 Å². The molecule has 0 spiro atoms. The first kappa shape index (κ1) is 9.58. The highest BCUT2D eigenvalue weighted by Crippen LogP contribution is 2.10. The smallest absolute Gasteiger partial charge is 0.111 e. The lowest BCUT2D eigenvalue weighted by Gasteiger charge is -2.13. The molecule has 0 radical (unpaired) electrons. The van der Waals surface area contributed by atoms with Crippen molar-refractivity contribution >= 4 is 12.0 Å². The fourth-order valence-electron chi connectivity index (χ4n) is 0.891. The van der Waals surface area contributed by atoms with Crippen molar-refractivity contribution in [3.05, 3.63) is 30.3 Å². The fraction of sp³-hybridized carbons (Fsp3) is 0.300. The highest BCUT2D eigenvalue weighted by Gasteiger charge is 1.94. The Bertz CT molecular complexity index is 267. The lowest BCUT2D eigenvalue weighted by atomic mass is 10.3. The summed E-state index contributed by atoms with van der Waals surface area (Å²) in [6.07, 6.45) is 1.77. The number of hydrogen-bond donors (Lipinski definition) is 0. The molecule has 0 amide bonds. The molecule has 0 aliphatic carbocycles. The highest BCUT2D eigenvalue weighted by atomic mass is 15.5. The van der Waals surface area contributed by atoms with E-state index in [-0.39, 0.29) is 0 Å². The van der Waals surface area contributed by atoms with E-state index in [9.17, 15) is 0 Å². The van der Waals surface area contributed by atoms with Gasteiger partial charge in [-0.1, -0.05) is 18.2 Å². The van der Waals surface area contributed by atoms with E-state index in [4.69, 9.17) is 0 Å². The van der Waals surface area contributed by atoms with Gasteiger partial charge in [0.05, 0.1) is 5.69 Å². The Morgan fingerprint density at radius 3 is 2.23 bits per heavy atom. The Kier molecular flexibility index (Phi) is 3.31. The average Bonchev–Trinajstić information content (AvgIpc) is 2.15. The molecular formula is C10H15N3. The van der Waals surface area contributed by atoms with E-state index in [0.29, 0.717) is 0 Å². The van der Waals surface area contributed by atoms with Gasteiger partial charge in [0, 0.05) is 21.1 Å². The SMILES string of the molecule is CN(C)/C=N\N(C)c1ccccc1. The highest BCUT2D eigenvalue weighted by molar-refractivity contribution is 5.57. The number of nitrogens with zero attached hydrogens (tertiary/aromatic N) is 3. The van der Waals surface area contributed by atoms with Crippen LogP contribution in [0, 0.1) is 0 Å². The molecular weight excluding hydrogens is 162 g/mol. The van der Waals surface area contributed by atoms with E-state index in [1.807, 2.05) is 61.4 Å². The zero-order chi connectivity index (χ0) is 9.68. The zero-order valence-corrected chi connectivity index (χ0v) is 8.31. The molecule has 0 aliphatic heterocycles. The monoisotopic (exact) mass is 177 g/mol. The van der Waals surface area contributed by atoms with Gasteiger partial charge in [0.1, 0.15) is 6.34 Å². The first-order chi connectivity index (χ1) is 6.20. The maximum atomic E-state index is 4.23. The average molecular weight is 177 g/mol. The zero-order valence-electron chi connectivity index (χ0n) is 8.31. The predicted octanol–water partition coefficient (Wildman–Crippen LogP) is 1.63. The molecule has 0 aromatic heterocycles. The molecule has 0 bridgehead atoms. The van der Waals surface area contributed by atoms with E-state index >= 15 is 0 Å². The van der Waals surface area contributed by atoms with Gasteiger partial charge in [-0.2, -0.15) is 5.10 Å². The minimum Gasteiger partial charge on any atom is -0.367 e. The van der Waals surface area contributed by atoms with Crippen molar-refractivity contribution in [2.45, 2.75) is 0 Å². The number of hydrazone groups is 1. The number of hydrogen-bond acceptors (Lipinski definition) is 2. The minimum atomic E-state index is 1.08. The van der Waals surface area contributed by atoms with Gasteiger partial charge in [0.25, 0.3) is 0 Å². The Balaban J connectivity index is 2.64. The van der Waals surface area contributed by atoms with Gasteiger partial charge in [-0.05, 0) is 12.1 Å². The van der Waals surface area contributed by atoms with Gasteiger partial charge in [0.15, 0.2) is 0 Å². The van der Waals surface area contributed by atoms with Crippen molar-refractivity contribution in [2.75, 3.05) is 26.2 Å². The second-order valence-corrected chi connectivity index (χ2v) is 3.05. The molecule has 1 aromatic rings. The minimum absolute atomic E-state index is 1.08. The summed E-state index contributed by atoms with van der Waals surface area (Å²) in [6, 6.07) is 10.0. The second-order valence-electron chi connectivity index (χ2n) is 3.05. The summed E-state index contributed by atoms with van der Waals surface area (Å²) in [6.45, 7) is 0. The van der Waals surface area contributed by atoms with Crippen LogP contribution in [0.5, 0.6) is 0 Å². The maximum absolute atomic E-state index is 4.23. The van der Waals surface area contributed by atoms with Gasteiger partial charge in [0.2, 0.25) is 0 Å². The van der Waals surface area contributed by atoms with Crippen molar-refractivity contribution < 1.29 is 0 Å². The molecule has 0 N–H and O–H groups in total. The summed E-state index contributed by atoms with van der Waals surface area (Å²) in [5, 5.41) is 6.06. The number of para-hydroxylation sites is 1. The van der Waals surface area contributed by atoms with Gasteiger partial charge in [-0.3, -0.25) is 5.01 Å². The predicted molar refractivity (Wildman–Crippen MR) is 57.0 cm³/mol. The van der Waals surface area contributed by atoms with Crippen molar-refractivity contribution in [3.8, 4) is 0 Å². The van der Waals surface area contributed by atoms with Crippen LogP contribution in [0.2, 0.25) is 0 Å². The molecule has 0 unspecified atom stereocenters. The molecule has 3 nitrogen and oxygen atoms in total. The third kappa shape index (κ3) is 3.15. The number of benzene rings is 1. The molecule has 0 aliphatic rings. The topological polar surface area (TPSA) is 18.8 Å². The fourth-order valence-corrected chi connectivity index (χ4v) is 0.891. The van der Waals surface area contributed by atoms with Crippen LogP contribution in [0.15, 0.2) is 35.4 Å². The lowest BCUT2D eigenvalue weighted by molar-refractivity contribution is 0.638. The Morgan fingerprint density at radius 2 is 1.69 bits per heavy atom. The van der Waals surface area contributed by atoms with E-state index in [2.05, 4.69) is 5.10 Å². The molecule has 0 fully saturated rings. The maximum Gasteiger partial charge on any atom is 0.111 e. The quantitative estimate of drug-likeness (QED) is 0.397. The first-order valence-electron chi connectivity index (χ1n) is 4.19. The molecule has 3 heteroatoms. The Morgan fingerprint density at radius 1 is 1.08 bits per heavy atom. The molecule has 1 rings (SSSR count). The molecule has 0 saturated heterocycles. The van der Waals surface area contributed by atoms with Gasteiger partial charge in [-0.15, -0.1) is 0 Å². The van der Waals surface area contributed by atoms with E-state index in [1.165, 1.54) is 0 Å². The summed E-state index contributed by atoms with van der Waals surface area (Å²) in [5.41, 5.74) is 1.08. The van der Waals surface area contributed by atoms with Gasteiger partial charge >= 0.3 is 0 Å². The van der Waals surface area contributed by atoms with Crippen LogP contribution < -0.4 is 5.01 Å². The lowest BCUT2D eigenvalue weighted by Crippen LogP contribution is -2.14. The van der Waals surface area contributed by atoms with Crippen LogP contribution in [-0.4, -0.2) is 32.4 Å². The van der Waals surface area contributed by atoms with Crippen LogP contribution in [-0.2, 0) is 0 Å². The van der Waals surface area contributed by atoms with Crippen LogP contribution in [0.4, 0.5) is 5.69 Å². The van der Waals surface area contributed by atoms with Crippen LogP contribution >= 0.6 is 0 Å². The largest absolute Gasteiger partial charge is 0.367 e. The van der Waals surface area contributed by atoms with Crippen LogP contribution in [0.1, 0.15) is 0 Å². The molecule has 0 saturated carbocycles. The molecule has 1 aromatic carbocycles. The summed E-state index contributed by atoms with van der Waals surface area (Å²) < 4.78 is 0. The molecule has 70 valence electrons. The molecule has 0 heterocycles. The Hall–Kier alpha value is -1.51. The van der Waals surface area contributed by atoms with E-state index in [1.54, 1.807) is 6.34 Å². The summed E-state index contributed by atoms with van der Waals surface area (Å²) in [4.78, 5) is 1.90. The number of anilines is 1. The van der Waals surface area contributed by atoms with Crippen LogP contribution in [0.3, 0.4) is 0 Å². The van der Waals surface area contributed by atoms with Gasteiger partial charge < -0.3 is 4.90 Å². The van der Waals surface area contributed by atoms with Crippen molar-refractivity contribution in [3.63, 3.8) is 0 Å². The first-order valence-corrected chi connectivity index (χ1v) is 4.19. The molecule has 0 atom stereocenters. The molecule has 13 heavy (non-hydrogen) atoms. The second kappa shape index (κ2) is 4.50. The third-order valence-electron chi connectivity index (χ3n) is 1.59. The standard InChI is InChI=1S/C10H15N3/c1-12(2)9-11-13(3)10-7-5-4-6-8-10/h4-9H,1-3H3/b11-9-. The van der Waals surface area contributed by atoms with Crippen molar-refractivity contribution in [2.24, 2.45) is 5.10 Å². The third-order valence-corrected chi connectivity index (χ3v) is 1.59. The van der Waals surface area contributed by atoms with E-state index in [0.717, 1.165) is 5.69 Å². The summed E-state index contributed by atoms with van der Waals surface area (Å²) >= 11 is 0. The van der Waals surface area contributed by atoms with Crippen molar-refractivity contribution in [1.29, 1.82) is 0 Å². The normalized spacial score (nSPS) is 10.4. The van der Waals surface area contributed by atoms with Crippen LogP contribution in [0.25, 0.3) is 0 Å². The van der Waals surface area contributed by atoms with Gasteiger partial charge in [-0.25, -0.2) is 0 Å². The summed E-state index contributed by atoms with van der Waals surface area (Å²) in [5.74, 6) is 0. The number of rotatable bonds is 3. The summed E-state index contributed by atoms with van der Waals surface area (Å²) in [7, 11) is 5.82.